The lowest BCUT2D eigenvalue weighted by atomic mass is 10.2. The minimum atomic E-state index is -0.143. The Hall–Kier alpha value is -2.37. The molecule has 2 aromatic carbocycles. The molecular formula is C18H15ClN2O2S. The molecule has 0 aliphatic rings. The van der Waals surface area contributed by atoms with Gasteiger partial charge >= 0.3 is 0 Å². The normalized spacial score (nSPS) is 10.4. The van der Waals surface area contributed by atoms with Gasteiger partial charge in [0.2, 0.25) is 5.91 Å². The van der Waals surface area contributed by atoms with Crippen molar-refractivity contribution in [2.45, 2.75) is 13.3 Å². The fraction of sp³-hybridized carbons (Fsp3) is 0.111. The fourth-order valence-electron chi connectivity index (χ4n) is 2.15. The van der Waals surface area contributed by atoms with Gasteiger partial charge in [-0.25, -0.2) is 4.98 Å². The van der Waals surface area contributed by atoms with Crippen molar-refractivity contribution < 1.29 is 9.53 Å². The first-order valence-corrected chi connectivity index (χ1v) is 8.60. The Morgan fingerprint density at radius 2 is 1.88 bits per heavy atom. The smallest absolute Gasteiger partial charge is 0.230 e. The predicted molar refractivity (Wildman–Crippen MR) is 97.2 cm³/mol. The van der Waals surface area contributed by atoms with E-state index in [0.29, 0.717) is 22.2 Å². The molecule has 122 valence electrons. The summed E-state index contributed by atoms with van der Waals surface area (Å²) in [5.41, 5.74) is 1.36. The Morgan fingerprint density at radius 1 is 1.17 bits per heavy atom. The molecule has 1 amide bonds. The summed E-state index contributed by atoms with van der Waals surface area (Å²) in [5, 5.41) is 6.21. The maximum absolute atomic E-state index is 12.2. The summed E-state index contributed by atoms with van der Waals surface area (Å²) >= 11 is 7.65. The summed E-state index contributed by atoms with van der Waals surface area (Å²) in [4.78, 5) is 16.5. The van der Waals surface area contributed by atoms with Gasteiger partial charge in [0.15, 0.2) is 5.75 Å². The molecule has 1 heterocycles. The van der Waals surface area contributed by atoms with Crippen LogP contribution in [0.15, 0.2) is 53.9 Å². The summed E-state index contributed by atoms with van der Waals surface area (Å²) in [5.74, 6) is 0.930. The van der Waals surface area contributed by atoms with Gasteiger partial charge in [0, 0.05) is 5.38 Å². The topological polar surface area (TPSA) is 51.2 Å². The summed E-state index contributed by atoms with van der Waals surface area (Å²) in [6.45, 7) is 1.92. The van der Waals surface area contributed by atoms with Crippen LogP contribution in [0.3, 0.4) is 0 Å². The maximum Gasteiger partial charge on any atom is 0.230 e. The second kappa shape index (κ2) is 7.47. The summed E-state index contributed by atoms with van der Waals surface area (Å²) in [7, 11) is 0. The van der Waals surface area contributed by atoms with Crippen LogP contribution in [0.5, 0.6) is 11.5 Å². The zero-order valence-corrected chi connectivity index (χ0v) is 14.5. The molecule has 1 N–H and O–H groups in total. The van der Waals surface area contributed by atoms with E-state index in [1.807, 2.05) is 36.6 Å². The SMILES string of the molecule is Cc1nc(CC(=O)Nc2ccccc2Oc2ccccc2Cl)cs1. The van der Waals surface area contributed by atoms with Crippen molar-refractivity contribution in [1.29, 1.82) is 0 Å². The quantitative estimate of drug-likeness (QED) is 0.692. The van der Waals surface area contributed by atoms with E-state index in [4.69, 9.17) is 16.3 Å². The molecule has 3 rings (SSSR count). The van der Waals surface area contributed by atoms with Crippen LogP contribution in [0.4, 0.5) is 5.69 Å². The minimum absolute atomic E-state index is 0.143. The number of thiazole rings is 1. The molecule has 0 fully saturated rings. The lowest BCUT2D eigenvalue weighted by Crippen LogP contribution is -2.15. The Bertz CT molecular complexity index is 863. The monoisotopic (exact) mass is 358 g/mol. The first-order chi connectivity index (χ1) is 11.6. The van der Waals surface area contributed by atoms with Gasteiger partial charge in [0.1, 0.15) is 5.75 Å². The number of benzene rings is 2. The molecule has 0 radical (unpaired) electrons. The van der Waals surface area contributed by atoms with E-state index in [1.54, 1.807) is 24.3 Å². The van der Waals surface area contributed by atoms with Gasteiger partial charge in [0.25, 0.3) is 0 Å². The van der Waals surface area contributed by atoms with Gasteiger partial charge < -0.3 is 10.1 Å². The number of carbonyl (C=O) groups excluding carboxylic acids is 1. The molecule has 0 saturated carbocycles. The summed E-state index contributed by atoms with van der Waals surface area (Å²) < 4.78 is 5.84. The molecule has 0 atom stereocenters. The van der Waals surface area contributed by atoms with E-state index in [1.165, 1.54) is 11.3 Å². The first-order valence-electron chi connectivity index (χ1n) is 7.34. The highest BCUT2D eigenvalue weighted by Crippen LogP contribution is 2.33. The number of hydrogen-bond acceptors (Lipinski definition) is 4. The van der Waals surface area contributed by atoms with Crippen molar-refractivity contribution in [3.63, 3.8) is 0 Å². The van der Waals surface area contributed by atoms with Crippen molar-refractivity contribution in [1.82, 2.24) is 4.98 Å². The van der Waals surface area contributed by atoms with E-state index in [-0.39, 0.29) is 12.3 Å². The molecule has 0 spiro atoms. The summed E-state index contributed by atoms with van der Waals surface area (Å²) in [6.07, 6.45) is 0.227. The third-order valence-corrected chi connectivity index (χ3v) is 4.36. The van der Waals surface area contributed by atoms with Crippen LogP contribution in [0.25, 0.3) is 0 Å². The molecule has 24 heavy (non-hydrogen) atoms. The Labute approximate surface area is 149 Å². The van der Waals surface area contributed by atoms with Crippen LogP contribution in [-0.2, 0) is 11.2 Å². The summed E-state index contributed by atoms with van der Waals surface area (Å²) in [6, 6.07) is 14.4. The molecule has 6 heteroatoms. The van der Waals surface area contributed by atoms with Crippen molar-refractivity contribution in [2.24, 2.45) is 0 Å². The van der Waals surface area contributed by atoms with Crippen LogP contribution >= 0.6 is 22.9 Å². The largest absolute Gasteiger partial charge is 0.454 e. The Balaban J connectivity index is 1.74. The lowest BCUT2D eigenvalue weighted by Gasteiger charge is -2.12. The fourth-order valence-corrected chi connectivity index (χ4v) is 2.94. The molecule has 0 bridgehead atoms. The average Bonchev–Trinajstić information content (AvgIpc) is 2.96. The highest BCUT2D eigenvalue weighted by Gasteiger charge is 2.11. The van der Waals surface area contributed by atoms with Crippen molar-refractivity contribution in [3.05, 3.63) is 69.6 Å². The second-order valence-electron chi connectivity index (χ2n) is 5.11. The number of nitrogens with zero attached hydrogens (tertiary/aromatic N) is 1. The number of halogens is 1. The lowest BCUT2D eigenvalue weighted by molar-refractivity contribution is -0.115. The van der Waals surface area contributed by atoms with Gasteiger partial charge in [-0.1, -0.05) is 35.9 Å². The van der Waals surface area contributed by atoms with Crippen LogP contribution in [0.1, 0.15) is 10.7 Å². The number of aromatic nitrogens is 1. The van der Waals surface area contributed by atoms with E-state index in [0.717, 1.165) is 10.7 Å². The van der Waals surface area contributed by atoms with Crippen LogP contribution < -0.4 is 10.1 Å². The maximum atomic E-state index is 12.2. The molecule has 0 aliphatic carbocycles. The predicted octanol–water partition coefficient (Wildman–Crippen LogP) is 5.08. The van der Waals surface area contributed by atoms with Crippen molar-refractivity contribution in [2.75, 3.05) is 5.32 Å². The zero-order chi connectivity index (χ0) is 16.9. The van der Waals surface area contributed by atoms with Crippen molar-refractivity contribution in [3.8, 4) is 11.5 Å². The molecule has 3 aromatic rings. The van der Waals surface area contributed by atoms with E-state index < -0.39 is 0 Å². The standard InChI is InChI=1S/C18H15ClN2O2S/c1-12-20-13(11-24-12)10-18(22)21-15-7-3-5-9-17(15)23-16-8-4-2-6-14(16)19/h2-9,11H,10H2,1H3,(H,21,22). The van der Waals surface area contributed by atoms with Gasteiger partial charge in [-0.05, 0) is 31.2 Å². The average molecular weight is 359 g/mol. The van der Waals surface area contributed by atoms with Crippen LogP contribution in [-0.4, -0.2) is 10.9 Å². The van der Waals surface area contributed by atoms with E-state index in [9.17, 15) is 4.79 Å². The number of para-hydroxylation sites is 3. The molecule has 1 aromatic heterocycles. The number of carbonyl (C=O) groups is 1. The zero-order valence-electron chi connectivity index (χ0n) is 13.0. The molecule has 0 saturated heterocycles. The first kappa shape index (κ1) is 16.5. The number of amides is 1. The highest BCUT2D eigenvalue weighted by atomic mass is 35.5. The minimum Gasteiger partial charge on any atom is -0.454 e. The van der Waals surface area contributed by atoms with Crippen molar-refractivity contribution >= 4 is 34.5 Å². The van der Waals surface area contributed by atoms with Gasteiger partial charge in [-0.3, -0.25) is 4.79 Å². The molecule has 0 aliphatic heterocycles. The number of rotatable bonds is 5. The van der Waals surface area contributed by atoms with Crippen LogP contribution in [0.2, 0.25) is 5.02 Å². The number of hydrogen-bond donors (Lipinski definition) is 1. The van der Waals surface area contributed by atoms with Crippen LogP contribution in [0, 0.1) is 6.92 Å². The second-order valence-corrected chi connectivity index (χ2v) is 6.58. The van der Waals surface area contributed by atoms with E-state index in [2.05, 4.69) is 10.3 Å². The number of aryl methyl sites for hydroxylation is 1. The third-order valence-electron chi connectivity index (χ3n) is 3.23. The van der Waals surface area contributed by atoms with Gasteiger partial charge in [-0.15, -0.1) is 11.3 Å². The highest BCUT2D eigenvalue weighted by molar-refractivity contribution is 7.09. The number of anilines is 1. The molecule has 0 unspecified atom stereocenters. The molecule has 4 nitrogen and oxygen atoms in total. The number of nitrogens with one attached hydrogen (secondary N) is 1. The molecular weight excluding hydrogens is 344 g/mol. The third kappa shape index (κ3) is 4.13. The van der Waals surface area contributed by atoms with E-state index >= 15 is 0 Å². The Kier molecular flexibility index (Phi) is 5.13. The van der Waals surface area contributed by atoms with Gasteiger partial charge in [-0.2, -0.15) is 0 Å². The Morgan fingerprint density at radius 3 is 2.58 bits per heavy atom. The number of ether oxygens (including phenoxy) is 1. The van der Waals surface area contributed by atoms with Gasteiger partial charge in [0.05, 0.1) is 27.8 Å².